The highest BCUT2D eigenvalue weighted by Gasteiger charge is 2.33. The highest BCUT2D eigenvalue weighted by molar-refractivity contribution is 8.00. The smallest absolute Gasteiger partial charge is 0.317 e. The van der Waals surface area contributed by atoms with Crippen LogP contribution in [0.1, 0.15) is 32.6 Å². The van der Waals surface area contributed by atoms with Crippen LogP contribution in [0.5, 0.6) is 0 Å². The Hall–Kier alpha value is -0.560. The molecule has 2 fully saturated rings. The summed E-state index contributed by atoms with van der Waals surface area (Å²) in [5.41, 5.74) is 0. The topological polar surface area (TPSA) is 69.6 Å². The zero-order valence-corrected chi connectivity index (χ0v) is 14.0. The zero-order valence-electron chi connectivity index (χ0n) is 12.4. The van der Waals surface area contributed by atoms with Crippen molar-refractivity contribution in [2.75, 3.05) is 23.8 Å². The summed E-state index contributed by atoms with van der Waals surface area (Å²) in [5.74, 6) is 1.85. The Morgan fingerprint density at radius 2 is 2.24 bits per heavy atom. The molecule has 2 aliphatic rings. The third kappa shape index (κ3) is 4.71. The highest BCUT2D eigenvalue weighted by atomic mass is 32.2. The summed E-state index contributed by atoms with van der Waals surface area (Å²) >= 11 is 3.64. The number of carbonyl (C=O) groups is 2. The second-order valence-corrected chi connectivity index (χ2v) is 8.17. The molecule has 1 aliphatic carbocycles. The van der Waals surface area contributed by atoms with Gasteiger partial charge in [0.05, 0.1) is 12.5 Å². The van der Waals surface area contributed by atoms with Gasteiger partial charge in [-0.2, -0.15) is 23.5 Å². The van der Waals surface area contributed by atoms with Crippen LogP contribution < -0.4 is 5.32 Å². The van der Waals surface area contributed by atoms with Crippen molar-refractivity contribution < 1.29 is 14.7 Å². The molecule has 1 heterocycles. The summed E-state index contributed by atoms with van der Waals surface area (Å²) in [5, 5.41) is 12.7. The van der Waals surface area contributed by atoms with Crippen molar-refractivity contribution in [3.63, 3.8) is 0 Å². The standard InChI is InChI=1S/C14H24N2O3S2/c1-2-21-12-5-3-4-11(12)15-14(19)16-6-7-20-9-10(16)8-13(17)18/h10-12H,2-9H2,1H3,(H,15,19)(H,17,18). The lowest BCUT2D eigenvalue weighted by atomic mass is 10.2. The molecule has 3 atom stereocenters. The predicted octanol–water partition coefficient (Wildman–Crippen LogP) is 2.26. The minimum Gasteiger partial charge on any atom is -0.481 e. The van der Waals surface area contributed by atoms with Gasteiger partial charge in [-0.1, -0.05) is 13.3 Å². The second kappa shape index (κ2) is 8.17. The molecule has 0 aromatic carbocycles. The molecule has 7 heteroatoms. The molecule has 120 valence electrons. The zero-order chi connectivity index (χ0) is 15.2. The predicted molar refractivity (Wildman–Crippen MR) is 88.2 cm³/mol. The Bertz CT molecular complexity index is 381. The van der Waals surface area contributed by atoms with Gasteiger partial charge >= 0.3 is 12.0 Å². The summed E-state index contributed by atoms with van der Waals surface area (Å²) in [6.07, 6.45) is 3.41. The summed E-state index contributed by atoms with van der Waals surface area (Å²) in [6.45, 7) is 2.79. The van der Waals surface area contributed by atoms with E-state index in [4.69, 9.17) is 5.11 Å². The first-order valence-corrected chi connectivity index (χ1v) is 9.80. The van der Waals surface area contributed by atoms with E-state index in [0.717, 1.165) is 36.5 Å². The van der Waals surface area contributed by atoms with E-state index in [1.807, 2.05) is 11.8 Å². The van der Waals surface area contributed by atoms with Gasteiger partial charge in [-0.25, -0.2) is 4.79 Å². The number of hydrogen-bond donors (Lipinski definition) is 2. The average molecular weight is 332 g/mol. The molecule has 0 aromatic heterocycles. The molecule has 2 amide bonds. The number of carbonyl (C=O) groups excluding carboxylic acids is 1. The van der Waals surface area contributed by atoms with Gasteiger partial charge in [0.25, 0.3) is 0 Å². The fourth-order valence-corrected chi connectivity index (χ4v) is 5.30. The number of hydrogen-bond acceptors (Lipinski definition) is 4. The number of urea groups is 1. The van der Waals surface area contributed by atoms with Crippen LogP contribution in [-0.2, 0) is 4.79 Å². The normalized spacial score (nSPS) is 29.4. The van der Waals surface area contributed by atoms with Crippen molar-refractivity contribution in [1.82, 2.24) is 10.2 Å². The fraction of sp³-hybridized carbons (Fsp3) is 0.857. The minimum absolute atomic E-state index is 0.0399. The van der Waals surface area contributed by atoms with Crippen LogP contribution in [0.3, 0.4) is 0 Å². The molecule has 1 aliphatic heterocycles. The number of nitrogens with one attached hydrogen (secondary N) is 1. The molecule has 2 N–H and O–H groups in total. The number of carboxylic acid groups (broad SMARTS) is 1. The van der Waals surface area contributed by atoms with Crippen LogP contribution in [0.25, 0.3) is 0 Å². The van der Waals surface area contributed by atoms with Crippen molar-refractivity contribution >= 4 is 35.5 Å². The lowest BCUT2D eigenvalue weighted by Gasteiger charge is -2.36. The Kier molecular flexibility index (Phi) is 6.54. The number of carboxylic acids is 1. The number of thioether (sulfide) groups is 2. The molecular formula is C14H24N2O3S2. The average Bonchev–Trinajstić information content (AvgIpc) is 2.86. The molecule has 1 saturated heterocycles. The molecule has 1 saturated carbocycles. The van der Waals surface area contributed by atoms with Gasteiger partial charge in [0.1, 0.15) is 0 Å². The Balaban J connectivity index is 1.92. The molecule has 5 nitrogen and oxygen atoms in total. The number of amides is 2. The molecule has 0 spiro atoms. The maximum absolute atomic E-state index is 12.5. The van der Waals surface area contributed by atoms with E-state index in [2.05, 4.69) is 12.2 Å². The number of rotatable bonds is 5. The number of aliphatic carboxylic acids is 1. The van der Waals surface area contributed by atoms with Gasteiger partial charge in [0.15, 0.2) is 0 Å². The van der Waals surface area contributed by atoms with Gasteiger partial charge in [-0.15, -0.1) is 0 Å². The molecular weight excluding hydrogens is 308 g/mol. The molecule has 21 heavy (non-hydrogen) atoms. The van der Waals surface area contributed by atoms with Crippen molar-refractivity contribution in [1.29, 1.82) is 0 Å². The van der Waals surface area contributed by atoms with Crippen LogP contribution in [-0.4, -0.2) is 63.1 Å². The monoisotopic (exact) mass is 332 g/mol. The van der Waals surface area contributed by atoms with Gasteiger partial charge in [0.2, 0.25) is 0 Å². The van der Waals surface area contributed by atoms with Crippen LogP contribution in [0, 0.1) is 0 Å². The molecule has 2 rings (SSSR count). The highest BCUT2D eigenvalue weighted by Crippen LogP contribution is 2.30. The van der Waals surface area contributed by atoms with Crippen LogP contribution in [0.2, 0.25) is 0 Å². The fourth-order valence-electron chi connectivity index (χ4n) is 3.04. The Morgan fingerprint density at radius 1 is 1.43 bits per heavy atom. The largest absolute Gasteiger partial charge is 0.481 e. The third-order valence-corrected chi connectivity index (χ3v) is 6.46. The second-order valence-electron chi connectivity index (χ2n) is 5.50. The number of nitrogens with zero attached hydrogens (tertiary/aromatic N) is 1. The summed E-state index contributed by atoms with van der Waals surface area (Å²) in [4.78, 5) is 25.2. The van der Waals surface area contributed by atoms with E-state index in [-0.39, 0.29) is 24.5 Å². The van der Waals surface area contributed by atoms with E-state index < -0.39 is 5.97 Å². The molecule has 0 bridgehead atoms. The van der Waals surface area contributed by atoms with Gasteiger partial charge in [-0.05, 0) is 18.6 Å². The summed E-state index contributed by atoms with van der Waals surface area (Å²) in [7, 11) is 0. The van der Waals surface area contributed by atoms with E-state index in [1.165, 1.54) is 0 Å². The minimum atomic E-state index is -0.833. The van der Waals surface area contributed by atoms with E-state index >= 15 is 0 Å². The Morgan fingerprint density at radius 3 is 2.95 bits per heavy atom. The first kappa shape index (κ1) is 16.8. The lowest BCUT2D eigenvalue weighted by molar-refractivity contribution is -0.138. The Labute approximate surface area is 134 Å². The van der Waals surface area contributed by atoms with Crippen molar-refractivity contribution in [3.05, 3.63) is 0 Å². The van der Waals surface area contributed by atoms with Crippen LogP contribution in [0.15, 0.2) is 0 Å². The van der Waals surface area contributed by atoms with Crippen molar-refractivity contribution in [3.8, 4) is 0 Å². The van der Waals surface area contributed by atoms with Crippen LogP contribution in [0.4, 0.5) is 4.79 Å². The third-order valence-electron chi connectivity index (χ3n) is 4.04. The quantitative estimate of drug-likeness (QED) is 0.808. The summed E-state index contributed by atoms with van der Waals surface area (Å²) < 4.78 is 0. The van der Waals surface area contributed by atoms with Gasteiger partial charge < -0.3 is 15.3 Å². The molecule has 0 aromatic rings. The van der Waals surface area contributed by atoms with E-state index in [1.54, 1.807) is 16.7 Å². The van der Waals surface area contributed by atoms with Crippen LogP contribution >= 0.6 is 23.5 Å². The maximum atomic E-state index is 12.5. The van der Waals surface area contributed by atoms with Crippen molar-refractivity contribution in [2.24, 2.45) is 0 Å². The lowest BCUT2D eigenvalue weighted by Crippen LogP contribution is -2.54. The van der Waals surface area contributed by atoms with Gasteiger partial charge in [-0.3, -0.25) is 4.79 Å². The first-order valence-electron chi connectivity index (χ1n) is 7.60. The maximum Gasteiger partial charge on any atom is 0.317 e. The molecule has 0 radical (unpaired) electrons. The van der Waals surface area contributed by atoms with Gasteiger partial charge in [0, 0.05) is 29.3 Å². The van der Waals surface area contributed by atoms with E-state index in [9.17, 15) is 9.59 Å². The SMILES string of the molecule is CCSC1CCCC1NC(=O)N1CCSCC1CC(=O)O. The molecule has 3 unspecified atom stereocenters. The van der Waals surface area contributed by atoms with Crippen molar-refractivity contribution in [2.45, 2.75) is 49.9 Å². The van der Waals surface area contributed by atoms with E-state index in [0.29, 0.717) is 11.8 Å². The summed E-state index contributed by atoms with van der Waals surface area (Å²) in [6, 6.07) is -0.0161. The first-order chi connectivity index (χ1) is 10.1.